The summed E-state index contributed by atoms with van der Waals surface area (Å²) in [5.74, 6) is -0.304. The van der Waals surface area contributed by atoms with Gasteiger partial charge < -0.3 is 32.3 Å². The number of aromatic amines is 1. The van der Waals surface area contributed by atoms with Crippen LogP contribution in [0.15, 0.2) is 15.8 Å². The minimum Gasteiger partial charge on any atom is -0.382 e. The maximum Gasteiger partial charge on any atom is 0.333 e. The van der Waals surface area contributed by atoms with E-state index in [1.54, 1.807) is 14.0 Å². The van der Waals surface area contributed by atoms with Crippen LogP contribution in [-0.4, -0.2) is 91.4 Å². The van der Waals surface area contributed by atoms with Crippen LogP contribution in [0.3, 0.4) is 0 Å². The van der Waals surface area contributed by atoms with Crippen molar-refractivity contribution in [3.63, 3.8) is 0 Å². The maximum absolute atomic E-state index is 13.3. The smallest absolute Gasteiger partial charge is 0.333 e. The zero-order valence-corrected chi connectivity index (χ0v) is 27.3. The summed E-state index contributed by atoms with van der Waals surface area (Å²) >= 11 is 0. The van der Waals surface area contributed by atoms with E-state index in [1.165, 1.54) is 25.0 Å². The van der Waals surface area contributed by atoms with Crippen LogP contribution < -0.4 is 11.2 Å². The number of hydrogen-bond donors (Lipinski definition) is 1. The van der Waals surface area contributed by atoms with Gasteiger partial charge in [-0.3, -0.25) is 18.9 Å². The van der Waals surface area contributed by atoms with Crippen molar-refractivity contribution >= 4 is 16.1 Å². The molecule has 16 heteroatoms. The fraction of sp³-hybridized carbons (Fsp3) is 0.808. The molecule has 1 N–H and O–H groups in total. The van der Waals surface area contributed by atoms with E-state index in [1.807, 2.05) is 27.7 Å². The van der Waals surface area contributed by atoms with E-state index < -0.39 is 57.6 Å². The van der Waals surface area contributed by atoms with Crippen molar-refractivity contribution in [2.24, 2.45) is 5.92 Å². The zero-order chi connectivity index (χ0) is 31.2. The number of H-pyrrole nitrogens is 1. The van der Waals surface area contributed by atoms with E-state index in [2.05, 4.69) is 15.7 Å². The van der Waals surface area contributed by atoms with E-state index >= 15 is 0 Å². The summed E-state index contributed by atoms with van der Waals surface area (Å²) in [6, 6.07) is 2.16. The normalized spacial score (nSPS) is 26.7. The molecule has 1 saturated carbocycles. The van der Waals surface area contributed by atoms with Gasteiger partial charge in [-0.2, -0.15) is 5.26 Å². The van der Waals surface area contributed by atoms with E-state index in [0.717, 1.165) is 0 Å². The van der Waals surface area contributed by atoms with Crippen molar-refractivity contribution in [2.75, 3.05) is 41.2 Å². The fourth-order valence-corrected chi connectivity index (χ4v) is 8.82. The average molecular weight is 635 g/mol. The molecular formula is C26H44N4O10P2. The molecule has 0 radical (unpaired) electrons. The predicted molar refractivity (Wildman–Crippen MR) is 155 cm³/mol. The molecule has 0 aromatic carbocycles. The SMILES string of the molecule is COCCOC1C(OP(OCCC#N)N(C(C)C)C(C)C)C(C2CC2P(=O)(OC)OC)OC1n1cc(C)c(=O)[nH]c1=O. The van der Waals surface area contributed by atoms with Gasteiger partial charge in [0.15, 0.2) is 6.23 Å². The Bertz CT molecular complexity index is 1220. The quantitative estimate of drug-likeness (QED) is 0.197. The molecule has 1 saturated heterocycles. The number of methoxy groups -OCH3 is 1. The van der Waals surface area contributed by atoms with Crippen LogP contribution in [0.25, 0.3) is 0 Å². The first-order valence-electron chi connectivity index (χ1n) is 14.0. The Labute approximate surface area is 248 Å². The summed E-state index contributed by atoms with van der Waals surface area (Å²) < 4.78 is 58.2. The molecule has 7 atom stereocenters. The van der Waals surface area contributed by atoms with E-state index in [-0.39, 0.29) is 44.2 Å². The molecule has 2 fully saturated rings. The van der Waals surface area contributed by atoms with Gasteiger partial charge in [0.05, 0.1) is 44.1 Å². The van der Waals surface area contributed by atoms with Crippen LogP contribution in [0.5, 0.6) is 0 Å². The van der Waals surface area contributed by atoms with Crippen LogP contribution >= 0.6 is 16.1 Å². The average Bonchev–Trinajstić information content (AvgIpc) is 3.67. The molecular weight excluding hydrogens is 590 g/mol. The van der Waals surface area contributed by atoms with E-state index in [0.29, 0.717) is 12.0 Å². The van der Waals surface area contributed by atoms with Crippen molar-refractivity contribution < 1.29 is 36.9 Å². The van der Waals surface area contributed by atoms with E-state index in [4.69, 9.17) is 37.6 Å². The van der Waals surface area contributed by atoms with Gasteiger partial charge in [0.25, 0.3) is 14.1 Å². The standard InChI is InChI=1S/C26H44N4O10P2/c1-16(2)30(17(3)4)41(38-11-9-10-27)40-22-21(19-14-20(19)42(33,35-7)36-8)39-25(23(22)37-13-12-34-6)29-15-18(5)24(31)28-26(29)32/h15-17,19-23,25H,9,11-14H2,1-8H3,(H,28,31,32). The Morgan fingerprint density at radius 1 is 1.14 bits per heavy atom. The summed E-state index contributed by atoms with van der Waals surface area (Å²) in [6.07, 6.45) is -1.25. The first kappa shape index (κ1) is 35.0. The molecule has 0 spiro atoms. The largest absolute Gasteiger partial charge is 0.382 e. The highest BCUT2D eigenvalue weighted by Crippen LogP contribution is 2.67. The van der Waals surface area contributed by atoms with Crippen LogP contribution in [-0.2, 0) is 36.9 Å². The number of rotatable bonds is 17. The lowest BCUT2D eigenvalue weighted by Gasteiger charge is -2.38. The fourth-order valence-electron chi connectivity index (χ4n) is 5.23. The zero-order valence-electron chi connectivity index (χ0n) is 25.6. The Morgan fingerprint density at radius 2 is 1.81 bits per heavy atom. The second-order valence-electron chi connectivity index (χ2n) is 10.8. The summed E-state index contributed by atoms with van der Waals surface area (Å²) in [5, 5.41) is 9.15. The lowest BCUT2D eigenvalue weighted by atomic mass is 10.1. The third-order valence-corrected chi connectivity index (χ3v) is 11.8. The number of aryl methyl sites for hydroxylation is 1. The lowest BCUT2D eigenvalue weighted by molar-refractivity contribution is -0.0796. The summed E-state index contributed by atoms with van der Waals surface area (Å²) in [7, 11) is -0.931. The molecule has 7 unspecified atom stereocenters. The Hall–Kier alpha value is -1.49. The van der Waals surface area contributed by atoms with Crippen molar-refractivity contribution in [1.82, 2.24) is 14.2 Å². The van der Waals surface area contributed by atoms with E-state index in [9.17, 15) is 14.2 Å². The molecule has 3 rings (SSSR count). The molecule has 1 aliphatic carbocycles. The second-order valence-corrected chi connectivity index (χ2v) is 14.7. The molecule has 2 heterocycles. The highest BCUT2D eigenvalue weighted by molar-refractivity contribution is 7.55. The van der Waals surface area contributed by atoms with Crippen LogP contribution in [0.1, 0.15) is 52.3 Å². The number of nitriles is 1. The number of aromatic nitrogens is 2. The van der Waals surface area contributed by atoms with Crippen molar-refractivity contribution in [1.29, 1.82) is 5.26 Å². The van der Waals surface area contributed by atoms with Gasteiger partial charge in [-0.05, 0) is 41.0 Å². The maximum atomic E-state index is 13.3. The van der Waals surface area contributed by atoms with Crippen LogP contribution in [0, 0.1) is 24.2 Å². The topological polar surface area (TPSA) is 164 Å². The Morgan fingerprint density at radius 3 is 2.38 bits per heavy atom. The molecule has 2 aliphatic rings. The number of ether oxygens (including phenoxy) is 3. The van der Waals surface area contributed by atoms with Gasteiger partial charge in [0, 0.05) is 51.1 Å². The van der Waals surface area contributed by atoms with Crippen LogP contribution in [0.2, 0.25) is 0 Å². The molecule has 1 aromatic heterocycles. The van der Waals surface area contributed by atoms with Gasteiger partial charge >= 0.3 is 13.3 Å². The molecule has 0 bridgehead atoms. The monoisotopic (exact) mass is 634 g/mol. The molecule has 14 nitrogen and oxygen atoms in total. The summed E-state index contributed by atoms with van der Waals surface area (Å²) in [4.78, 5) is 27.5. The molecule has 238 valence electrons. The molecule has 0 amide bonds. The number of nitrogens with one attached hydrogen (secondary N) is 1. The summed E-state index contributed by atoms with van der Waals surface area (Å²) in [5.41, 5.74) is -1.30. The van der Waals surface area contributed by atoms with Gasteiger partial charge in [0.2, 0.25) is 0 Å². The second kappa shape index (κ2) is 15.5. The molecule has 1 aliphatic heterocycles. The van der Waals surface area contributed by atoms with Gasteiger partial charge in [0.1, 0.15) is 12.2 Å². The van der Waals surface area contributed by atoms with Gasteiger partial charge in [-0.15, -0.1) is 0 Å². The van der Waals surface area contributed by atoms with Gasteiger partial charge in [-0.25, -0.2) is 9.46 Å². The molecule has 42 heavy (non-hydrogen) atoms. The minimum atomic E-state index is -3.43. The van der Waals surface area contributed by atoms with Crippen molar-refractivity contribution in [3.05, 3.63) is 32.6 Å². The third kappa shape index (κ3) is 7.96. The number of nitrogens with zero attached hydrogens (tertiary/aromatic N) is 3. The first-order valence-corrected chi connectivity index (χ1v) is 16.7. The Kier molecular flexibility index (Phi) is 12.9. The Balaban J connectivity index is 2.10. The van der Waals surface area contributed by atoms with Crippen molar-refractivity contribution in [2.45, 2.75) is 89.7 Å². The molecule has 1 aromatic rings. The minimum absolute atomic E-state index is 0.0305. The highest BCUT2D eigenvalue weighted by Gasteiger charge is 2.63. The lowest BCUT2D eigenvalue weighted by Crippen LogP contribution is -2.42. The third-order valence-electron chi connectivity index (χ3n) is 7.26. The van der Waals surface area contributed by atoms with Crippen LogP contribution in [0.4, 0.5) is 0 Å². The first-order chi connectivity index (χ1) is 19.9. The van der Waals surface area contributed by atoms with Gasteiger partial charge in [-0.1, -0.05) is 0 Å². The predicted octanol–water partition coefficient (Wildman–Crippen LogP) is 3.31. The summed E-state index contributed by atoms with van der Waals surface area (Å²) in [6.45, 7) is 10.3. The van der Waals surface area contributed by atoms with Crippen molar-refractivity contribution in [3.8, 4) is 6.07 Å². The highest BCUT2D eigenvalue weighted by atomic mass is 31.2. The number of hydrogen-bond acceptors (Lipinski definition) is 12.